The molecule has 1 atom stereocenters. The molecule has 5 heteroatoms. The van der Waals surface area contributed by atoms with E-state index in [4.69, 9.17) is 14.9 Å². The zero-order chi connectivity index (χ0) is 14.5. The number of nitrogens with one attached hydrogen (secondary N) is 1. The molecule has 0 radical (unpaired) electrons. The van der Waals surface area contributed by atoms with Crippen molar-refractivity contribution in [1.29, 1.82) is 0 Å². The first-order valence-corrected chi connectivity index (χ1v) is 6.56. The summed E-state index contributed by atoms with van der Waals surface area (Å²) in [7, 11) is 1.54. The van der Waals surface area contributed by atoms with Gasteiger partial charge in [0.25, 0.3) is 0 Å². The van der Waals surface area contributed by atoms with Gasteiger partial charge in [0, 0.05) is 19.0 Å². The van der Waals surface area contributed by atoms with E-state index in [1.165, 1.54) is 13.2 Å². The average Bonchev–Trinajstić information content (AvgIpc) is 2.95. The molecule has 1 unspecified atom stereocenters. The molecule has 2 rings (SSSR count). The van der Waals surface area contributed by atoms with Crippen molar-refractivity contribution in [1.82, 2.24) is 0 Å². The van der Waals surface area contributed by atoms with Crippen LogP contribution in [0.15, 0.2) is 34.7 Å². The highest BCUT2D eigenvalue weighted by Gasteiger charge is 2.16. The molecule has 0 saturated carbocycles. The van der Waals surface area contributed by atoms with E-state index in [-0.39, 0.29) is 11.9 Å². The summed E-state index contributed by atoms with van der Waals surface area (Å²) in [6.45, 7) is 2.31. The van der Waals surface area contributed by atoms with Crippen molar-refractivity contribution >= 4 is 5.69 Å². The molecule has 0 saturated heterocycles. The van der Waals surface area contributed by atoms with Gasteiger partial charge < -0.3 is 20.2 Å². The molecule has 0 bridgehead atoms. The summed E-state index contributed by atoms with van der Waals surface area (Å²) >= 11 is 0. The highest BCUT2D eigenvalue weighted by atomic mass is 19.1. The normalized spacial score (nSPS) is 12.2. The van der Waals surface area contributed by atoms with Gasteiger partial charge in [0.1, 0.15) is 23.1 Å². The Balaban J connectivity index is 2.21. The van der Waals surface area contributed by atoms with E-state index in [0.29, 0.717) is 23.7 Å². The van der Waals surface area contributed by atoms with Crippen molar-refractivity contribution in [2.75, 3.05) is 19.0 Å². The maximum Gasteiger partial charge on any atom is 0.146 e. The summed E-state index contributed by atoms with van der Waals surface area (Å²) < 4.78 is 24.5. The van der Waals surface area contributed by atoms with Gasteiger partial charge in [0.05, 0.1) is 18.8 Å². The molecule has 0 fully saturated rings. The van der Waals surface area contributed by atoms with Crippen LogP contribution in [0.2, 0.25) is 0 Å². The lowest BCUT2D eigenvalue weighted by Gasteiger charge is -2.17. The van der Waals surface area contributed by atoms with Crippen LogP contribution in [-0.4, -0.2) is 13.7 Å². The number of furan rings is 1. The molecule has 1 aromatic heterocycles. The summed E-state index contributed by atoms with van der Waals surface area (Å²) in [4.78, 5) is 0. The van der Waals surface area contributed by atoms with Crippen LogP contribution in [0.5, 0.6) is 5.75 Å². The predicted molar refractivity (Wildman–Crippen MR) is 76.5 cm³/mol. The lowest BCUT2D eigenvalue weighted by Crippen LogP contribution is -2.20. The van der Waals surface area contributed by atoms with Crippen LogP contribution in [0.3, 0.4) is 0 Å². The second kappa shape index (κ2) is 6.43. The van der Waals surface area contributed by atoms with E-state index < -0.39 is 0 Å². The molecule has 2 aromatic rings. The molecule has 0 aliphatic carbocycles. The number of methoxy groups -OCH3 is 1. The highest BCUT2D eigenvalue weighted by Crippen LogP contribution is 2.26. The molecule has 108 valence electrons. The van der Waals surface area contributed by atoms with Gasteiger partial charge in [0.15, 0.2) is 0 Å². The summed E-state index contributed by atoms with van der Waals surface area (Å²) in [6, 6.07) is 8.01. The molecule has 1 heterocycles. The van der Waals surface area contributed by atoms with Crippen molar-refractivity contribution in [2.45, 2.75) is 19.4 Å². The van der Waals surface area contributed by atoms with Gasteiger partial charge in [-0.3, -0.25) is 0 Å². The Hall–Kier alpha value is -2.01. The van der Waals surface area contributed by atoms with Crippen molar-refractivity contribution in [2.24, 2.45) is 5.73 Å². The molecule has 0 spiro atoms. The third-order valence-corrected chi connectivity index (χ3v) is 3.11. The Morgan fingerprint density at radius 2 is 2.15 bits per heavy atom. The maximum atomic E-state index is 13.8. The third-order valence-electron chi connectivity index (χ3n) is 3.11. The van der Waals surface area contributed by atoms with E-state index in [1.54, 1.807) is 12.1 Å². The number of hydrogen-bond donors (Lipinski definition) is 2. The van der Waals surface area contributed by atoms with Crippen LogP contribution in [0.4, 0.5) is 10.1 Å². The Morgan fingerprint density at radius 3 is 2.75 bits per heavy atom. The number of aryl methyl sites for hydroxylation is 1. The van der Waals surface area contributed by atoms with Gasteiger partial charge >= 0.3 is 0 Å². The summed E-state index contributed by atoms with van der Waals surface area (Å²) in [5.41, 5.74) is 6.09. The van der Waals surface area contributed by atoms with Crippen molar-refractivity contribution < 1.29 is 13.5 Å². The Labute approximate surface area is 117 Å². The predicted octanol–water partition coefficient (Wildman–Crippen LogP) is 3.10. The fourth-order valence-corrected chi connectivity index (χ4v) is 1.95. The molecule has 0 aliphatic heterocycles. The zero-order valence-electron chi connectivity index (χ0n) is 11.7. The monoisotopic (exact) mass is 278 g/mol. The minimum atomic E-state index is -0.355. The van der Waals surface area contributed by atoms with Crippen molar-refractivity contribution in [3.8, 4) is 5.75 Å². The van der Waals surface area contributed by atoms with Gasteiger partial charge in [-0.1, -0.05) is 6.92 Å². The average molecular weight is 278 g/mol. The Kier molecular flexibility index (Phi) is 4.63. The van der Waals surface area contributed by atoms with Gasteiger partial charge in [-0.2, -0.15) is 0 Å². The number of ether oxygens (including phenoxy) is 1. The van der Waals surface area contributed by atoms with Crippen molar-refractivity contribution in [3.05, 3.63) is 47.7 Å². The van der Waals surface area contributed by atoms with Crippen LogP contribution in [0.25, 0.3) is 0 Å². The van der Waals surface area contributed by atoms with E-state index >= 15 is 0 Å². The van der Waals surface area contributed by atoms with Gasteiger partial charge in [-0.15, -0.1) is 0 Å². The first kappa shape index (κ1) is 14.4. The minimum Gasteiger partial charge on any atom is -0.497 e. The van der Waals surface area contributed by atoms with E-state index in [0.717, 1.165) is 12.2 Å². The van der Waals surface area contributed by atoms with Crippen LogP contribution in [0.1, 0.15) is 24.5 Å². The van der Waals surface area contributed by atoms with Gasteiger partial charge in [-0.25, -0.2) is 4.39 Å². The smallest absolute Gasteiger partial charge is 0.146 e. The van der Waals surface area contributed by atoms with Crippen LogP contribution in [-0.2, 0) is 6.42 Å². The molecule has 1 aromatic carbocycles. The summed E-state index contributed by atoms with van der Waals surface area (Å²) in [6.07, 6.45) is 0.810. The molecule has 4 nitrogen and oxygen atoms in total. The lowest BCUT2D eigenvalue weighted by molar-refractivity contribution is 0.413. The summed E-state index contributed by atoms with van der Waals surface area (Å²) in [5.74, 6) is 1.81. The van der Waals surface area contributed by atoms with Gasteiger partial charge in [0.2, 0.25) is 0 Å². The molecular formula is C15H19FN2O2. The molecule has 0 amide bonds. The van der Waals surface area contributed by atoms with Crippen LogP contribution >= 0.6 is 0 Å². The number of benzene rings is 1. The number of nitrogens with two attached hydrogens (primary N) is 1. The first-order valence-electron chi connectivity index (χ1n) is 6.56. The number of anilines is 1. The SMILES string of the molecule is CCc1ccc(C(CN)Nc2cc(OC)ccc2F)o1. The standard InChI is InChI=1S/C15H19FN2O2/c1-3-10-5-7-15(20-10)14(9-17)18-13-8-11(19-2)4-6-12(13)16/h4-8,14,18H,3,9,17H2,1-2H3. The first-order chi connectivity index (χ1) is 9.67. The number of hydrogen-bond acceptors (Lipinski definition) is 4. The van der Waals surface area contributed by atoms with Crippen LogP contribution < -0.4 is 15.8 Å². The van der Waals surface area contributed by atoms with E-state index in [2.05, 4.69) is 5.32 Å². The van der Waals surface area contributed by atoms with Gasteiger partial charge in [-0.05, 0) is 24.3 Å². The lowest BCUT2D eigenvalue weighted by atomic mass is 10.2. The fraction of sp³-hybridized carbons (Fsp3) is 0.333. The summed E-state index contributed by atoms with van der Waals surface area (Å²) in [5, 5.41) is 3.05. The van der Waals surface area contributed by atoms with Crippen LogP contribution in [0, 0.1) is 5.82 Å². The topological polar surface area (TPSA) is 60.4 Å². The zero-order valence-corrected chi connectivity index (χ0v) is 11.7. The quantitative estimate of drug-likeness (QED) is 0.852. The highest BCUT2D eigenvalue weighted by molar-refractivity contribution is 5.51. The molecular weight excluding hydrogens is 259 g/mol. The Morgan fingerprint density at radius 1 is 1.35 bits per heavy atom. The molecule has 20 heavy (non-hydrogen) atoms. The van der Waals surface area contributed by atoms with E-state index in [9.17, 15) is 4.39 Å². The number of halogens is 1. The minimum absolute atomic E-state index is 0.281. The Bertz CT molecular complexity index is 569. The number of rotatable bonds is 6. The second-order valence-corrected chi connectivity index (χ2v) is 4.44. The fourth-order valence-electron chi connectivity index (χ4n) is 1.95. The largest absolute Gasteiger partial charge is 0.497 e. The molecule has 3 N–H and O–H groups in total. The van der Waals surface area contributed by atoms with Crippen molar-refractivity contribution in [3.63, 3.8) is 0 Å². The maximum absolute atomic E-state index is 13.8. The van der Waals surface area contributed by atoms with E-state index in [1.807, 2.05) is 19.1 Å². The molecule has 0 aliphatic rings. The second-order valence-electron chi connectivity index (χ2n) is 4.44. The third kappa shape index (κ3) is 3.11.